The van der Waals surface area contributed by atoms with Gasteiger partial charge in [0.25, 0.3) is 0 Å². The van der Waals surface area contributed by atoms with Crippen LogP contribution in [0.2, 0.25) is 0 Å². The number of H-pyrrole nitrogens is 1. The van der Waals surface area contributed by atoms with Crippen LogP contribution in [-0.4, -0.2) is 27.0 Å². The van der Waals surface area contributed by atoms with Crippen LogP contribution in [0.5, 0.6) is 5.75 Å². The molecule has 0 aliphatic carbocycles. The molecule has 2 heterocycles. The van der Waals surface area contributed by atoms with Crippen LogP contribution < -0.4 is 15.4 Å². The van der Waals surface area contributed by atoms with Crippen LogP contribution >= 0.6 is 0 Å². The summed E-state index contributed by atoms with van der Waals surface area (Å²) in [6, 6.07) is 12.4. The molecule has 0 aliphatic heterocycles. The number of nitrogens with zero attached hydrogens (tertiary/aromatic N) is 3. The van der Waals surface area contributed by atoms with Gasteiger partial charge in [-0.25, -0.2) is 4.98 Å². The highest BCUT2D eigenvalue weighted by molar-refractivity contribution is 5.84. The molecule has 0 aliphatic rings. The van der Waals surface area contributed by atoms with Crippen molar-refractivity contribution < 1.29 is 17.9 Å². The summed E-state index contributed by atoms with van der Waals surface area (Å²) in [5.41, 5.74) is 1.50. The van der Waals surface area contributed by atoms with Crippen LogP contribution in [0, 0.1) is 0 Å². The number of hydrogen-bond donors (Lipinski definition) is 3. The zero-order valence-electron chi connectivity index (χ0n) is 15.8. The van der Waals surface area contributed by atoms with Crippen molar-refractivity contribution in [1.29, 1.82) is 0 Å². The average Bonchev–Trinajstić information content (AvgIpc) is 3.21. The largest absolute Gasteiger partial charge is 0.497 e. The molecule has 0 unspecified atom stereocenters. The zero-order chi connectivity index (χ0) is 21.1. The molecule has 10 heteroatoms. The molecule has 2 aromatic heterocycles. The third kappa shape index (κ3) is 4.27. The highest BCUT2D eigenvalue weighted by Gasteiger charge is 2.30. The number of aromatic amines is 1. The van der Waals surface area contributed by atoms with E-state index in [-0.39, 0.29) is 6.54 Å². The maximum Gasteiger partial charge on any atom is 0.416 e. The fourth-order valence-electron chi connectivity index (χ4n) is 2.86. The summed E-state index contributed by atoms with van der Waals surface area (Å²) in [5, 5.41) is 6.15. The maximum atomic E-state index is 12.9. The lowest BCUT2D eigenvalue weighted by molar-refractivity contribution is -0.137. The van der Waals surface area contributed by atoms with Gasteiger partial charge in [0.2, 0.25) is 5.95 Å². The Hall–Kier alpha value is -3.82. The first-order valence-electron chi connectivity index (χ1n) is 8.94. The minimum atomic E-state index is -4.39. The smallest absolute Gasteiger partial charge is 0.416 e. The van der Waals surface area contributed by atoms with Gasteiger partial charge >= 0.3 is 6.18 Å². The second-order valence-electron chi connectivity index (χ2n) is 6.40. The van der Waals surface area contributed by atoms with E-state index in [4.69, 9.17) is 4.74 Å². The quantitative estimate of drug-likeness (QED) is 0.423. The lowest BCUT2D eigenvalue weighted by Gasteiger charge is -2.11. The van der Waals surface area contributed by atoms with Crippen LogP contribution in [0.15, 0.2) is 54.9 Å². The van der Waals surface area contributed by atoms with Gasteiger partial charge in [-0.05, 0) is 42.0 Å². The summed E-state index contributed by atoms with van der Waals surface area (Å²) >= 11 is 0. The third-order valence-electron chi connectivity index (χ3n) is 4.35. The number of nitrogens with one attached hydrogen (secondary N) is 3. The van der Waals surface area contributed by atoms with Gasteiger partial charge in [-0.2, -0.15) is 23.1 Å². The predicted octanol–water partition coefficient (Wildman–Crippen LogP) is 4.74. The number of rotatable bonds is 6. The van der Waals surface area contributed by atoms with Gasteiger partial charge in [0.05, 0.1) is 19.0 Å². The van der Waals surface area contributed by atoms with Gasteiger partial charge in [0, 0.05) is 12.2 Å². The molecule has 0 bridgehead atoms. The number of alkyl halides is 3. The van der Waals surface area contributed by atoms with E-state index in [0.29, 0.717) is 34.2 Å². The summed E-state index contributed by atoms with van der Waals surface area (Å²) in [6.07, 6.45) is -2.91. The molecule has 0 atom stereocenters. The molecular formula is C20H17F3N6O. The topological polar surface area (TPSA) is 87.8 Å². The highest BCUT2D eigenvalue weighted by Crippen LogP contribution is 2.30. The van der Waals surface area contributed by atoms with E-state index in [1.54, 1.807) is 25.3 Å². The Kier molecular flexibility index (Phi) is 5.13. The molecular weight excluding hydrogens is 397 g/mol. The Morgan fingerprint density at radius 2 is 1.87 bits per heavy atom. The normalized spacial score (nSPS) is 11.5. The first-order chi connectivity index (χ1) is 14.4. The second-order valence-corrected chi connectivity index (χ2v) is 6.40. The molecule has 3 N–H and O–H groups in total. The number of hydrogen-bond acceptors (Lipinski definition) is 6. The summed E-state index contributed by atoms with van der Waals surface area (Å²) in [4.78, 5) is 15.9. The number of halogens is 3. The summed E-state index contributed by atoms with van der Waals surface area (Å²) in [6.45, 7) is 0.150. The van der Waals surface area contributed by atoms with Crippen molar-refractivity contribution in [3.63, 3.8) is 0 Å². The van der Waals surface area contributed by atoms with E-state index in [2.05, 4.69) is 30.6 Å². The standard InChI is InChI=1S/C20H17F3N6O/c1-30-15-7-5-14(6-8-15)27-19-28-17(16-18(29-19)26-11-25-16)24-10-12-3-2-4-13(9-12)20(21,22)23/h2-9,11H,10H2,1H3,(H3,24,25,26,27,28,29). The monoisotopic (exact) mass is 414 g/mol. The van der Waals surface area contributed by atoms with Crippen molar-refractivity contribution in [2.45, 2.75) is 12.7 Å². The molecule has 7 nitrogen and oxygen atoms in total. The van der Waals surface area contributed by atoms with Crippen molar-refractivity contribution in [3.05, 3.63) is 66.0 Å². The van der Waals surface area contributed by atoms with Crippen LogP contribution in [0.25, 0.3) is 11.2 Å². The Bertz CT molecular complexity index is 1160. The molecule has 0 saturated carbocycles. The molecule has 4 rings (SSSR count). The number of fused-ring (bicyclic) bond motifs is 1. The molecule has 154 valence electrons. The predicted molar refractivity (Wildman–Crippen MR) is 107 cm³/mol. The Labute approximate surface area is 169 Å². The van der Waals surface area contributed by atoms with Crippen LogP contribution in [-0.2, 0) is 12.7 Å². The Morgan fingerprint density at radius 1 is 1.07 bits per heavy atom. The summed E-state index contributed by atoms with van der Waals surface area (Å²) < 4.78 is 43.9. The molecule has 0 fully saturated rings. The van der Waals surface area contributed by atoms with E-state index in [1.807, 2.05) is 12.1 Å². The van der Waals surface area contributed by atoms with Crippen LogP contribution in [0.3, 0.4) is 0 Å². The highest BCUT2D eigenvalue weighted by atomic mass is 19.4. The molecule has 0 saturated heterocycles. The average molecular weight is 414 g/mol. The van der Waals surface area contributed by atoms with Crippen molar-refractivity contribution in [2.75, 3.05) is 17.7 Å². The SMILES string of the molecule is COc1ccc(Nc2nc(NCc3cccc(C(F)(F)F)c3)c3[nH]cnc3n2)cc1. The number of benzene rings is 2. The third-order valence-corrected chi connectivity index (χ3v) is 4.35. The van der Waals surface area contributed by atoms with Gasteiger partial charge in [0.15, 0.2) is 11.5 Å². The molecule has 0 spiro atoms. The molecule has 30 heavy (non-hydrogen) atoms. The van der Waals surface area contributed by atoms with Gasteiger partial charge in [-0.3, -0.25) is 0 Å². The second kappa shape index (κ2) is 7.90. The Morgan fingerprint density at radius 3 is 2.60 bits per heavy atom. The Balaban J connectivity index is 1.57. The van der Waals surface area contributed by atoms with Crippen LogP contribution in [0.4, 0.5) is 30.6 Å². The van der Waals surface area contributed by atoms with E-state index in [0.717, 1.165) is 17.8 Å². The fraction of sp³-hybridized carbons (Fsp3) is 0.150. The van der Waals surface area contributed by atoms with Crippen molar-refractivity contribution in [1.82, 2.24) is 19.9 Å². The lowest BCUT2D eigenvalue weighted by Crippen LogP contribution is -2.08. The fourth-order valence-corrected chi connectivity index (χ4v) is 2.86. The van der Waals surface area contributed by atoms with E-state index in [1.165, 1.54) is 12.4 Å². The van der Waals surface area contributed by atoms with Crippen LogP contribution in [0.1, 0.15) is 11.1 Å². The lowest BCUT2D eigenvalue weighted by atomic mass is 10.1. The number of aromatic nitrogens is 4. The molecule has 0 amide bonds. The van der Waals surface area contributed by atoms with E-state index < -0.39 is 11.7 Å². The van der Waals surface area contributed by atoms with E-state index in [9.17, 15) is 13.2 Å². The molecule has 0 radical (unpaired) electrons. The van der Waals surface area contributed by atoms with Gasteiger partial charge < -0.3 is 20.4 Å². The van der Waals surface area contributed by atoms with Crippen molar-refractivity contribution in [3.8, 4) is 5.75 Å². The number of ether oxygens (including phenoxy) is 1. The van der Waals surface area contributed by atoms with Gasteiger partial charge in [-0.15, -0.1) is 0 Å². The van der Waals surface area contributed by atoms with E-state index >= 15 is 0 Å². The molecule has 2 aromatic carbocycles. The van der Waals surface area contributed by atoms with Gasteiger partial charge in [-0.1, -0.05) is 12.1 Å². The first-order valence-corrected chi connectivity index (χ1v) is 8.94. The van der Waals surface area contributed by atoms with Gasteiger partial charge in [0.1, 0.15) is 11.3 Å². The maximum absolute atomic E-state index is 12.9. The molecule has 4 aromatic rings. The summed E-state index contributed by atoms with van der Waals surface area (Å²) in [7, 11) is 1.58. The number of anilines is 3. The summed E-state index contributed by atoms with van der Waals surface area (Å²) in [5.74, 6) is 1.44. The number of imidazole rings is 1. The zero-order valence-corrected chi connectivity index (χ0v) is 15.8. The number of methoxy groups -OCH3 is 1. The first kappa shape index (κ1) is 19.5. The van der Waals surface area contributed by atoms with Crippen molar-refractivity contribution in [2.24, 2.45) is 0 Å². The van der Waals surface area contributed by atoms with Crippen molar-refractivity contribution >= 4 is 28.6 Å². The minimum Gasteiger partial charge on any atom is -0.497 e. The minimum absolute atomic E-state index is 0.150.